The molecule has 1 aromatic carbocycles. The standard InChI is InChI=1S/C10H12N4O2S/c1-7-12-13-8(2)14(7)9-3-5-10(6-4-9)17(11,15)16/h3-6H,1-2H3,(H2,11,15,16). The van der Waals surface area contributed by atoms with Crippen molar-refractivity contribution in [3.63, 3.8) is 0 Å². The van der Waals surface area contributed by atoms with Gasteiger partial charge in [0.1, 0.15) is 11.6 Å². The molecule has 0 aliphatic carbocycles. The molecule has 0 atom stereocenters. The lowest BCUT2D eigenvalue weighted by Crippen LogP contribution is -2.12. The molecule has 6 nitrogen and oxygen atoms in total. The Morgan fingerprint density at radius 2 is 1.53 bits per heavy atom. The molecule has 1 heterocycles. The minimum Gasteiger partial charge on any atom is -0.283 e. The molecule has 0 saturated carbocycles. The highest BCUT2D eigenvalue weighted by Crippen LogP contribution is 2.15. The quantitative estimate of drug-likeness (QED) is 0.844. The number of hydrogen-bond donors (Lipinski definition) is 1. The number of aromatic nitrogens is 3. The highest BCUT2D eigenvalue weighted by atomic mass is 32.2. The maximum Gasteiger partial charge on any atom is 0.238 e. The van der Waals surface area contributed by atoms with E-state index in [0.717, 1.165) is 17.3 Å². The van der Waals surface area contributed by atoms with Gasteiger partial charge in [-0.3, -0.25) is 4.57 Å². The van der Waals surface area contributed by atoms with Crippen molar-refractivity contribution in [1.29, 1.82) is 0 Å². The number of sulfonamides is 1. The van der Waals surface area contributed by atoms with Gasteiger partial charge in [-0.25, -0.2) is 13.6 Å². The van der Waals surface area contributed by atoms with E-state index >= 15 is 0 Å². The van der Waals surface area contributed by atoms with Crippen LogP contribution in [0.25, 0.3) is 5.69 Å². The first-order valence-electron chi connectivity index (χ1n) is 4.91. The Kier molecular flexibility index (Phi) is 2.72. The first-order chi connectivity index (χ1) is 7.89. The molecule has 7 heteroatoms. The van der Waals surface area contributed by atoms with Crippen molar-refractivity contribution in [3.05, 3.63) is 35.9 Å². The SMILES string of the molecule is Cc1nnc(C)n1-c1ccc(S(N)(=O)=O)cc1. The van der Waals surface area contributed by atoms with Gasteiger partial charge in [-0.05, 0) is 38.1 Å². The van der Waals surface area contributed by atoms with Crippen LogP contribution in [0.2, 0.25) is 0 Å². The maximum absolute atomic E-state index is 11.1. The Labute approximate surface area is 99.1 Å². The third-order valence-electron chi connectivity index (χ3n) is 2.41. The van der Waals surface area contributed by atoms with Gasteiger partial charge in [0.25, 0.3) is 0 Å². The number of primary sulfonamides is 1. The van der Waals surface area contributed by atoms with Gasteiger partial charge in [0, 0.05) is 5.69 Å². The number of aryl methyl sites for hydroxylation is 2. The molecule has 0 spiro atoms. The molecule has 2 aromatic rings. The van der Waals surface area contributed by atoms with Crippen molar-refractivity contribution in [2.75, 3.05) is 0 Å². The Morgan fingerprint density at radius 1 is 1.06 bits per heavy atom. The summed E-state index contributed by atoms with van der Waals surface area (Å²) in [7, 11) is -3.65. The highest BCUT2D eigenvalue weighted by molar-refractivity contribution is 7.89. The second kappa shape index (κ2) is 3.94. The summed E-state index contributed by atoms with van der Waals surface area (Å²) in [6.45, 7) is 3.65. The second-order valence-electron chi connectivity index (χ2n) is 3.67. The summed E-state index contributed by atoms with van der Waals surface area (Å²) in [4.78, 5) is 0.0876. The molecule has 1 aromatic heterocycles. The largest absolute Gasteiger partial charge is 0.283 e. The lowest BCUT2D eigenvalue weighted by Gasteiger charge is -2.06. The lowest BCUT2D eigenvalue weighted by atomic mass is 10.3. The zero-order valence-electron chi connectivity index (χ0n) is 9.45. The first kappa shape index (κ1) is 11.7. The summed E-state index contributed by atoms with van der Waals surface area (Å²) in [6.07, 6.45) is 0. The number of hydrogen-bond acceptors (Lipinski definition) is 4. The van der Waals surface area contributed by atoms with Crippen LogP contribution < -0.4 is 5.14 Å². The van der Waals surface area contributed by atoms with Crippen molar-refractivity contribution in [1.82, 2.24) is 14.8 Å². The Morgan fingerprint density at radius 3 is 1.94 bits per heavy atom. The van der Waals surface area contributed by atoms with Crippen LogP contribution >= 0.6 is 0 Å². The number of benzene rings is 1. The monoisotopic (exact) mass is 252 g/mol. The van der Waals surface area contributed by atoms with Crippen molar-refractivity contribution in [3.8, 4) is 5.69 Å². The highest BCUT2D eigenvalue weighted by Gasteiger charge is 2.10. The van der Waals surface area contributed by atoms with Gasteiger partial charge in [0.05, 0.1) is 4.90 Å². The third-order valence-corrected chi connectivity index (χ3v) is 3.34. The minimum absolute atomic E-state index is 0.0876. The fraction of sp³-hybridized carbons (Fsp3) is 0.200. The fourth-order valence-corrected chi connectivity index (χ4v) is 2.14. The molecule has 0 aliphatic rings. The molecule has 0 unspecified atom stereocenters. The van der Waals surface area contributed by atoms with Crippen LogP contribution in [0.3, 0.4) is 0 Å². The third kappa shape index (κ3) is 2.20. The molecular formula is C10H12N4O2S. The van der Waals surface area contributed by atoms with Crippen LogP contribution in [-0.4, -0.2) is 23.2 Å². The molecule has 2 N–H and O–H groups in total. The van der Waals surface area contributed by atoms with Gasteiger partial charge in [-0.15, -0.1) is 10.2 Å². The Bertz CT molecular complexity index is 624. The summed E-state index contributed by atoms with van der Waals surface area (Å²) < 4.78 is 24.0. The summed E-state index contributed by atoms with van der Waals surface area (Å²) in [5, 5.41) is 12.9. The average molecular weight is 252 g/mol. The zero-order valence-corrected chi connectivity index (χ0v) is 10.3. The van der Waals surface area contributed by atoms with E-state index in [-0.39, 0.29) is 4.90 Å². The van der Waals surface area contributed by atoms with E-state index in [1.807, 2.05) is 18.4 Å². The average Bonchev–Trinajstić information content (AvgIpc) is 2.58. The number of nitrogens with two attached hydrogens (primary N) is 1. The van der Waals surface area contributed by atoms with E-state index in [9.17, 15) is 8.42 Å². The van der Waals surface area contributed by atoms with Gasteiger partial charge in [-0.1, -0.05) is 0 Å². The van der Waals surface area contributed by atoms with Crippen molar-refractivity contribution >= 4 is 10.0 Å². The summed E-state index contributed by atoms with van der Waals surface area (Å²) in [5.74, 6) is 1.48. The van der Waals surface area contributed by atoms with Gasteiger partial charge < -0.3 is 0 Å². The molecule has 0 fully saturated rings. The molecule has 0 amide bonds. The fourth-order valence-electron chi connectivity index (χ4n) is 1.63. The van der Waals surface area contributed by atoms with Crippen LogP contribution in [0.4, 0.5) is 0 Å². The van der Waals surface area contributed by atoms with Crippen LogP contribution in [-0.2, 0) is 10.0 Å². The molecular weight excluding hydrogens is 240 g/mol. The maximum atomic E-state index is 11.1. The number of nitrogens with zero attached hydrogens (tertiary/aromatic N) is 3. The number of rotatable bonds is 2. The van der Waals surface area contributed by atoms with E-state index in [1.165, 1.54) is 12.1 Å². The van der Waals surface area contributed by atoms with Crippen molar-refractivity contribution < 1.29 is 8.42 Å². The van der Waals surface area contributed by atoms with Crippen LogP contribution in [0.5, 0.6) is 0 Å². The van der Waals surface area contributed by atoms with Crippen molar-refractivity contribution in [2.45, 2.75) is 18.7 Å². The molecule has 0 radical (unpaired) electrons. The van der Waals surface area contributed by atoms with Crippen LogP contribution in [0.1, 0.15) is 11.6 Å². The minimum atomic E-state index is -3.65. The second-order valence-corrected chi connectivity index (χ2v) is 5.23. The van der Waals surface area contributed by atoms with Gasteiger partial charge in [0.2, 0.25) is 10.0 Å². The molecule has 0 aliphatic heterocycles. The smallest absolute Gasteiger partial charge is 0.238 e. The zero-order chi connectivity index (χ0) is 12.6. The van der Waals surface area contributed by atoms with Crippen LogP contribution in [0.15, 0.2) is 29.2 Å². The van der Waals surface area contributed by atoms with E-state index < -0.39 is 10.0 Å². The van der Waals surface area contributed by atoms with E-state index in [1.54, 1.807) is 12.1 Å². The predicted octanol–water partition coefficient (Wildman–Crippen LogP) is 0.532. The van der Waals surface area contributed by atoms with Gasteiger partial charge in [0.15, 0.2) is 0 Å². The van der Waals surface area contributed by atoms with E-state index in [4.69, 9.17) is 5.14 Å². The van der Waals surface area contributed by atoms with E-state index in [2.05, 4.69) is 10.2 Å². The normalized spacial score (nSPS) is 11.7. The molecule has 2 rings (SSSR count). The molecule has 0 bridgehead atoms. The first-order valence-corrected chi connectivity index (χ1v) is 6.46. The predicted molar refractivity (Wildman–Crippen MR) is 62.2 cm³/mol. The summed E-state index contributed by atoms with van der Waals surface area (Å²) in [5.41, 5.74) is 0.803. The van der Waals surface area contributed by atoms with Crippen LogP contribution in [0, 0.1) is 13.8 Å². The van der Waals surface area contributed by atoms with Crippen molar-refractivity contribution in [2.24, 2.45) is 5.14 Å². The summed E-state index contributed by atoms with van der Waals surface area (Å²) >= 11 is 0. The van der Waals surface area contributed by atoms with E-state index in [0.29, 0.717) is 0 Å². The Balaban J connectivity index is 2.50. The lowest BCUT2D eigenvalue weighted by molar-refractivity contribution is 0.598. The molecule has 17 heavy (non-hydrogen) atoms. The van der Waals surface area contributed by atoms with Gasteiger partial charge in [-0.2, -0.15) is 0 Å². The summed E-state index contributed by atoms with van der Waals surface area (Å²) in [6, 6.07) is 6.26. The Hall–Kier alpha value is -1.73. The topological polar surface area (TPSA) is 90.9 Å². The van der Waals surface area contributed by atoms with Gasteiger partial charge >= 0.3 is 0 Å². The molecule has 90 valence electrons. The molecule has 0 saturated heterocycles.